The molecule has 0 radical (unpaired) electrons. The molecule has 1 aromatic rings. The molecule has 22 heavy (non-hydrogen) atoms. The Hall–Kier alpha value is -1.15. The maximum Gasteiger partial charge on any atom is 0.253 e. The summed E-state index contributed by atoms with van der Waals surface area (Å²) in [6.07, 6.45) is 0. The zero-order chi connectivity index (χ0) is 16.2. The highest BCUT2D eigenvalue weighted by molar-refractivity contribution is 7.89. The highest BCUT2D eigenvalue weighted by atomic mass is 35.5. The molecule has 1 aliphatic rings. The van der Waals surface area contributed by atoms with E-state index in [9.17, 15) is 13.2 Å². The van der Waals surface area contributed by atoms with Crippen molar-refractivity contribution in [2.24, 2.45) is 0 Å². The molecule has 0 atom stereocenters. The molecular weight excluding hydrogens is 328 g/mol. The average Bonchev–Trinajstić information content (AvgIpc) is 2.53. The van der Waals surface area contributed by atoms with Crippen molar-refractivity contribution in [2.75, 3.05) is 45.6 Å². The second-order valence-electron chi connectivity index (χ2n) is 5.01. The summed E-state index contributed by atoms with van der Waals surface area (Å²) in [6, 6.07) is 6.68. The third-order valence-corrected chi connectivity index (χ3v) is 5.64. The van der Waals surface area contributed by atoms with Gasteiger partial charge in [0.2, 0.25) is 10.0 Å². The Balaban J connectivity index is 1.94. The fraction of sp³-hybridized carbons (Fsp3) is 0.500. The first-order valence-corrected chi connectivity index (χ1v) is 8.94. The molecule has 1 amide bonds. The number of ether oxygens (including phenoxy) is 1. The molecule has 0 N–H and O–H groups in total. The molecule has 0 unspecified atom stereocenters. The van der Waals surface area contributed by atoms with Crippen molar-refractivity contribution in [3.63, 3.8) is 0 Å². The lowest BCUT2D eigenvalue weighted by Gasteiger charge is -2.34. The molecule has 6 nitrogen and oxygen atoms in total. The number of piperazine rings is 1. The summed E-state index contributed by atoms with van der Waals surface area (Å²) >= 11 is 5.80. The van der Waals surface area contributed by atoms with E-state index in [-0.39, 0.29) is 18.3 Å². The van der Waals surface area contributed by atoms with Gasteiger partial charge in [-0.2, -0.15) is 4.31 Å². The molecule has 0 aliphatic carbocycles. The van der Waals surface area contributed by atoms with Crippen LogP contribution >= 0.6 is 11.6 Å². The first-order valence-electron chi connectivity index (χ1n) is 6.95. The largest absolute Gasteiger partial charge is 0.384 e. The third kappa shape index (κ3) is 4.19. The van der Waals surface area contributed by atoms with Gasteiger partial charge in [0.15, 0.2) is 0 Å². The summed E-state index contributed by atoms with van der Waals surface area (Å²) in [5.74, 6) is -0.139. The van der Waals surface area contributed by atoms with Crippen molar-refractivity contribution in [1.29, 1.82) is 0 Å². The fourth-order valence-corrected chi connectivity index (χ4v) is 3.74. The van der Waals surface area contributed by atoms with Gasteiger partial charge in [-0.05, 0) is 24.3 Å². The number of benzene rings is 1. The highest BCUT2D eigenvalue weighted by Crippen LogP contribution is 2.14. The van der Waals surface area contributed by atoms with Crippen LogP contribution in [0.15, 0.2) is 24.3 Å². The molecule has 0 saturated carbocycles. The van der Waals surface area contributed by atoms with E-state index in [1.54, 1.807) is 29.2 Å². The highest BCUT2D eigenvalue weighted by Gasteiger charge is 2.28. The zero-order valence-electron chi connectivity index (χ0n) is 12.4. The van der Waals surface area contributed by atoms with Crippen LogP contribution in [-0.2, 0) is 14.8 Å². The summed E-state index contributed by atoms with van der Waals surface area (Å²) in [6.45, 7) is 1.56. The molecule has 8 heteroatoms. The van der Waals surface area contributed by atoms with Crippen LogP contribution in [-0.4, -0.2) is 69.2 Å². The lowest BCUT2D eigenvalue weighted by Crippen LogP contribution is -2.51. The third-order valence-electron chi connectivity index (χ3n) is 3.56. The van der Waals surface area contributed by atoms with Crippen molar-refractivity contribution in [1.82, 2.24) is 9.21 Å². The second-order valence-corrected chi connectivity index (χ2v) is 7.53. The Kier molecular flexibility index (Phi) is 5.80. The Morgan fingerprint density at radius 1 is 1.18 bits per heavy atom. The van der Waals surface area contributed by atoms with Crippen LogP contribution in [0.1, 0.15) is 10.4 Å². The van der Waals surface area contributed by atoms with Gasteiger partial charge in [0, 0.05) is 43.9 Å². The number of carbonyl (C=O) groups is 1. The van der Waals surface area contributed by atoms with Gasteiger partial charge in [-0.15, -0.1) is 0 Å². The van der Waals surface area contributed by atoms with E-state index < -0.39 is 10.0 Å². The van der Waals surface area contributed by atoms with E-state index >= 15 is 0 Å². The molecule has 0 bridgehead atoms. The molecule has 1 aromatic carbocycles. The summed E-state index contributed by atoms with van der Waals surface area (Å²) < 4.78 is 30.3. The second kappa shape index (κ2) is 7.41. The van der Waals surface area contributed by atoms with Crippen molar-refractivity contribution < 1.29 is 17.9 Å². The maximum atomic E-state index is 12.3. The van der Waals surface area contributed by atoms with Crippen LogP contribution in [0, 0.1) is 0 Å². The number of methoxy groups -OCH3 is 1. The van der Waals surface area contributed by atoms with Crippen molar-refractivity contribution >= 4 is 27.5 Å². The molecule has 2 rings (SSSR count). The topological polar surface area (TPSA) is 66.9 Å². The number of halogens is 1. The minimum Gasteiger partial charge on any atom is -0.384 e. The number of amides is 1. The predicted molar refractivity (Wildman–Crippen MR) is 84.6 cm³/mol. The summed E-state index contributed by atoms with van der Waals surface area (Å²) in [7, 11) is -1.84. The van der Waals surface area contributed by atoms with Crippen LogP contribution in [0.4, 0.5) is 0 Å². The van der Waals surface area contributed by atoms with Crippen molar-refractivity contribution in [3.05, 3.63) is 34.9 Å². The molecule has 1 fully saturated rings. The summed E-state index contributed by atoms with van der Waals surface area (Å²) in [5.41, 5.74) is 0.556. The summed E-state index contributed by atoms with van der Waals surface area (Å²) in [5, 5.41) is 0.575. The van der Waals surface area contributed by atoms with Crippen LogP contribution in [0.2, 0.25) is 5.02 Å². The molecule has 1 heterocycles. The van der Waals surface area contributed by atoms with Gasteiger partial charge in [-0.1, -0.05) is 11.6 Å². The van der Waals surface area contributed by atoms with E-state index in [4.69, 9.17) is 16.3 Å². The van der Waals surface area contributed by atoms with E-state index in [0.717, 1.165) is 0 Å². The van der Waals surface area contributed by atoms with Crippen LogP contribution in [0.25, 0.3) is 0 Å². The average molecular weight is 347 g/mol. The van der Waals surface area contributed by atoms with E-state index in [1.807, 2.05) is 0 Å². The monoisotopic (exact) mass is 346 g/mol. The molecule has 1 saturated heterocycles. The fourth-order valence-electron chi connectivity index (χ4n) is 2.26. The van der Waals surface area contributed by atoms with Gasteiger partial charge in [-0.3, -0.25) is 4.79 Å². The van der Waals surface area contributed by atoms with Gasteiger partial charge >= 0.3 is 0 Å². The minimum atomic E-state index is -3.31. The number of hydrogen-bond donors (Lipinski definition) is 0. The summed E-state index contributed by atoms with van der Waals surface area (Å²) in [4.78, 5) is 14.0. The van der Waals surface area contributed by atoms with E-state index in [1.165, 1.54) is 11.4 Å². The van der Waals surface area contributed by atoms with Crippen molar-refractivity contribution in [2.45, 2.75) is 0 Å². The number of carbonyl (C=O) groups excluding carboxylic acids is 1. The normalized spacial score (nSPS) is 16.7. The Morgan fingerprint density at radius 3 is 2.32 bits per heavy atom. The predicted octanol–water partition coefficient (Wildman–Crippen LogP) is 1.07. The Bertz CT molecular complexity index is 610. The number of hydrogen-bond acceptors (Lipinski definition) is 4. The smallest absolute Gasteiger partial charge is 0.253 e. The van der Waals surface area contributed by atoms with Gasteiger partial charge < -0.3 is 9.64 Å². The lowest BCUT2D eigenvalue weighted by molar-refractivity contribution is 0.0697. The Morgan fingerprint density at radius 2 is 1.77 bits per heavy atom. The quantitative estimate of drug-likeness (QED) is 0.800. The molecule has 122 valence electrons. The van der Waals surface area contributed by atoms with E-state index in [0.29, 0.717) is 36.8 Å². The maximum absolute atomic E-state index is 12.3. The van der Waals surface area contributed by atoms with Crippen LogP contribution < -0.4 is 0 Å². The van der Waals surface area contributed by atoms with Gasteiger partial charge in [0.25, 0.3) is 5.91 Å². The first-order chi connectivity index (χ1) is 10.4. The number of nitrogens with zero attached hydrogens (tertiary/aromatic N) is 2. The standard InChI is InChI=1S/C14H19ClN2O4S/c1-21-10-11-22(19,20)17-8-6-16(7-9-17)14(18)12-2-4-13(15)5-3-12/h2-5H,6-11H2,1H3. The zero-order valence-corrected chi connectivity index (χ0v) is 13.9. The van der Waals surface area contributed by atoms with E-state index in [2.05, 4.69) is 0 Å². The molecule has 0 spiro atoms. The number of sulfonamides is 1. The Labute approximate surface area is 135 Å². The molecule has 0 aromatic heterocycles. The van der Waals surface area contributed by atoms with Gasteiger partial charge in [0.05, 0.1) is 12.4 Å². The number of rotatable bonds is 5. The van der Waals surface area contributed by atoms with Crippen molar-refractivity contribution in [3.8, 4) is 0 Å². The first kappa shape index (κ1) is 17.2. The molecular formula is C14H19ClN2O4S. The lowest BCUT2D eigenvalue weighted by atomic mass is 10.2. The molecule has 1 aliphatic heterocycles. The SMILES string of the molecule is COCCS(=O)(=O)N1CCN(C(=O)c2ccc(Cl)cc2)CC1. The van der Waals surface area contributed by atoms with Gasteiger partial charge in [0.1, 0.15) is 0 Å². The van der Waals surface area contributed by atoms with Crippen LogP contribution in [0.3, 0.4) is 0 Å². The van der Waals surface area contributed by atoms with Crippen LogP contribution in [0.5, 0.6) is 0 Å². The van der Waals surface area contributed by atoms with Gasteiger partial charge in [-0.25, -0.2) is 8.42 Å². The minimum absolute atomic E-state index is 0.0331.